The summed E-state index contributed by atoms with van der Waals surface area (Å²) >= 11 is 0. The van der Waals surface area contributed by atoms with Crippen LogP contribution >= 0.6 is 0 Å². The van der Waals surface area contributed by atoms with Gasteiger partial charge >= 0.3 is 0 Å². The topological polar surface area (TPSA) is 24.1 Å². The van der Waals surface area contributed by atoms with Crippen LogP contribution in [0.5, 0.6) is 0 Å². The molecule has 1 fully saturated rings. The summed E-state index contributed by atoms with van der Waals surface area (Å²) < 4.78 is 0. The predicted molar refractivity (Wildman–Crippen MR) is 121 cm³/mol. The minimum Gasteiger partial charge on any atom is -0.308 e. The van der Waals surface area contributed by atoms with Gasteiger partial charge in [-0.3, -0.25) is 0 Å². The Kier molecular flexibility index (Phi) is 8.12. The van der Waals surface area contributed by atoms with E-state index in [9.17, 15) is 0 Å². The van der Waals surface area contributed by atoms with Crippen molar-refractivity contribution in [2.24, 2.45) is 0 Å². The van der Waals surface area contributed by atoms with Gasteiger partial charge in [0.25, 0.3) is 0 Å². The molecular weight excluding hydrogens is 340 g/mol. The normalized spacial score (nSPS) is 19.9. The fraction of sp³-hybridized carbons (Fsp3) is 0.538. The first-order valence-electron chi connectivity index (χ1n) is 11.3. The third-order valence-electron chi connectivity index (χ3n) is 6.11. The van der Waals surface area contributed by atoms with E-state index in [1.54, 1.807) is 0 Å². The minimum absolute atomic E-state index is 0.567. The highest BCUT2D eigenvalue weighted by molar-refractivity contribution is 5.25. The van der Waals surface area contributed by atoms with Gasteiger partial charge < -0.3 is 10.6 Å². The Labute approximate surface area is 172 Å². The first-order valence-corrected chi connectivity index (χ1v) is 11.3. The SMILES string of the molecule is CCCc1ccc(CNC2CCCCC2NCc2ccc(C(C)C)cc2)cc1. The fourth-order valence-corrected chi connectivity index (χ4v) is 4.25. The molecule has 2 N–H and O–H groups in total. The molecule has 2 unspecified atom stereocenters. The molecule has 0 amide bonds. The lowest BCUT2D eigenvalue weighted by Gasteiger charge is -2.33. The Morgan fingerprint density at radius 1 is 0.750 bits per heavy atom. The first kappa shape index (κ1) is 21.1. The molecule has 2 heteroatoms. The summed E-state index contributed by atoms with van der Waals surface area (Å²) in [5, 5.41) is 7.67. The van der Waals surface area contributed by atoms with Gasteiger partial charge in [0.15, 0.2) is 0 Å². The standard InChI is InChI=1S/C26H38N2/c1-4-7-21-10-12-22(13-11-21)18-27-25-8-5-6-9-26(25)28-19-23-14-16-24(17-15-23)20(2)3/h10-17,20,25-28H,4-9,18-19H2,1-3H3. The summed E-state index contributed by atoms with van der Waals surface area (Å²) in [7, 11) is 0. The zero-order valence-electron chi connectivity index (χ0n) is 18.0. The van der Waals surface area contributed by atoms with Crippen molar-refractivity contribution in [3.8, 4) is 0 Å². The van der Waals surface area contributed by atoms with Gasteiger partial charge in [-0.2, -0.15) is 0 Å². The molecule has 0 aromatic heterocycles. The molecule has 0 heterocycles. The first-order chi connectivity index (χ1) is 13.7. The Balaban J connectivity index is 1.50. The molecule has 0 bridgehead atoms. The van der Waals surface area contributed by atoms with Crippen molar-refractivity contribution in [2.75, 3.05) is 0 Å². The van der Waals surface area contributed by atoms with Crippen LogP contribution in [0.3, 0.4) is 0 Å². The lowest BCUT2D eigenvalue weighted by molar-refractivity contribution is 0.281. The van der Waals surface area contributed by atoms with Crippen LogP contribution in [-0.4, -0.2) is 12.1 Å². The van der Waals surface area contributed by atoms with Crippen LogP contribution in [0.2, 0.25) is 0 Å². The van der Waals surface area contributed by atoms with Gasteiger partial charge in [0.2, 0.25) is 0 Å². The summed E-state index contributed by atoms with van der Waals surface area (Å²) in [6, 6.07) is 19.4. The van der Waals surface area contributed by atoms with Crippen molar-refractivity contribution in [3.05, 3.63) is 70.8 Å². The molecule has 0 aliphatic heterocycles. The van der Waals surface area contributed by atoms with E-state index in [0.29, 0.717) is 18.0 Å². The Hall–Kier alpha value is -1.64. The van der Waals surface area contributed by atoms with E-state index >= 15 is 0 Å². The second kappa shape index (κ2) is 10.8. The van der Waals surface area contributed by atoms with Crippen LogP contribution in [0.1, 0.15) is 81.0 Å². The number of aryl methyl sites for hydroxylation is 1. The van der Waals surface area contributed by atoms with Gasteiger partial charge in [-0.05, 0) is 47.4 Å². The van der Waals surface area contributed by atoms with E-state index in [-0.39, 0.29) is 0 Å². The second-order valence-corrected chi connectivity index (χ2v) is 8.72. The van der Waals surface area contributed by atoms with Crippen molar-refractivity contribution >= 4 is 0 Å². The van der Waals surface area contributed by atoms with E-state index in [0.717, 1.165) is 13.1 Å². The Morgan fingerprint density at radius 2 is 1.21 bits per heavy atom. The van der Waals surface area contributed by atoms with Gasteiger partial charge in [-0.25, -0.2) is 0 Å². The van der Waals surface area contributed by atoms with E-state index in [1.165, 1.54) is 60.8 Å². The highest BCUT2D eigenvalue weighted by Crippen LogP contribution is 2.20. The molecule has 28 heavy (non-hydrogen) atoms. The Morgan fingerprint density at radius 3 is 1.68 bits per heavy atom. The second-order valence-electron chi connectivity index (χ2n) is 8.72. The van der Waals surface area contributed by atoms with Crippen LogP contribution in [-0.2, 0) is 19.5 Å². The summed E-state index contributed by atoms with van der Waals surface area (Å²) in [6.45, 7) is 8.68. The summed E-state index contributed by atoms with van der Waals surface area (Å²) in [6.07, 6.45) is 7.63. The molecule has 3 rings (SSSR count). The molecule has 1 aliphatic rings. The zero-order chi connectivity index (χ0) is 19.8. The van der Waals surface area contributed by atoms with Crippen molar-refractivity contribution in [1.29, 1.82) is 0 Å². The highest BCUT2D eigenvalue weighted by atomic mass is 15.0. The molecule has 0 saturated heterocycles. The molecular formula is C26H38N2. The molecule has 0 radical (unpaired) electrons. The third-order valence-corrected chi connectivity index (χ3v) is 6.11. The van der Waals surface area contributed by atoms with Crippen LogP contribution in [0, 0.1) is 0 Å². The van der Waals surface area contributed by atoms with Gasteiger partial charge in [-0.15, -0.1) is 0 Å². The van der Waals surface area contributed by atoms with Crippen molar-refractivity contribution in [2.45, 2.75) is 90.4 Å². The summed E-state index contributed by atoms with van der Waals surface area (Å²) in [4.78, 5) is 0. The number of hydrogen-bond acceptors (Lipinski definition) is 2. The predicted octanol–water partition coefficient (Wildman–Crippen LogP) is 5.95. The lowest BCUT2D eigenvalue weighted by atomic mass is 9.90. The Bertz CT molecular complexity index is 687. The number of hydrogen-bond donors (Lipinski definition) is 2. The van der Waals surface area contributed by atoms with Crippen molar-refractivity contribution in [1.82, 2.24) is 10.6 Å². The maximum absolute atomic E-state index is 3.84. The zero-order valence-corrected chi connectivity index (χ0v) is 18.0. The molecule has 1 saturated carbocycles. The van der Waals surface area contributed by atoms with E-state index in [1.807, 2.05) is 0 Å². The molecule has 2 atom stereocenters. The molecule has 2 nitrogen and oxygen atoms in total. The minimum atomic E-state index is 0.567. The van der Waals surface area contributed by atoms with Gasteiger partial charge in [0, 0.05) is 25.2 Å². The molecule has 1 aliphatic carbocycles. The number of nitrogens with one attached hydrogen (secondary N) is 2. The van der Waals surface area contributed by atoms with Crippen LogP contribution in [0.4, 0.5) is 0 Å². The number of benzene rings is 2. The van der Waals surface area contributed by atoms with Gasteiger partial charge in [0.05, 0.1) is 0 Å². The van der Waals surface area contributed by atoms with Crippen molar-refractivity contribution in [3.63, 3.8) is 0 Å². The quantitative estimate of drug-likeness (QED) is 0.563. The summed E-state index contributed by atoms with van der Waals surface area (Å²) in [5.74, 6) is 0.602. The van der Waals surface area contributed by atoms with E-state index in [4.69, 9.17) is 0 Å². The lowest BCUT2D eigenvalue weighted by Crippen LogP contribution is -2.49. The monoisotopic (exact) mass is 378 g/mol. The number of rotatable bonds is 9. The van der Waals surface area contributed by atoms with Crippen molar-refractivity contribution < 1.29 is 0 Å². The smallest absolute Gasteiger partial charge is 0.0224 e. The molecule has 0 spiro atoms. The van der Waals surface area contributed by atoms with E-state index in [2.05, 4.69) is 79.9 Å². The fourth-order valence-electron chi connectivity index (χ4n) is 4.25. The molecule has 2 aromatic carbocycles. The van der Waals surface area contributed by atoms with Gasteiger partial charge in [0.1, 0.15) is 0 Å². The molecule has 152 valence electrons. The third kappa shape index (κ3) is 6.18. The average Bonchev–Trinajstić information content (AvgIpc) is 2.73. The summed E-state index contributed by atoms with van der Waals surface area (Å²) in [5.41, 5.74) is 5.66. The van der Waals surface area contributed by atoms with Gasteiger partial charge in [-0.1, -0.05) is 88.6 Å². The maximum atomic E-state index is 3.84. The molecule has 2 aromatic rings. The highest BCUT2D eigenvalue weighted by Gasteiger charge is 2.24. The largest absolute Gasteiger partial charge is 0.308 e. The van der Waals surface area contributed by atoms with E-state index < -0.39 is 0 Å². The van der Waals surface area contributed by atoms with Crippen LogP contribution in [0.15, 0.2) is 48.5 Å². The maximum Gasteiger partial charge on any atom is 0.0224 e. The van der Waals surface area contributed by atoms with Crippen LogP contribution in [0.25, 0.3) is 0 Å². The average molecular weight is 379 g/mol. The van der Waals surface area contributed by atoms with Crippen LogP contribution < -0.4 is 10.6 Å².